The molecular weight excluding hydrogens is 500 g/mol. The molecule has 0 aromatic heterocycles. The summed E-state index contributed by atoms with van der Waals surface area (Å²) >= 11 is 0. The van der Waals surface area contributed by atoms with E-state index in [-0.39, 0.29) is 11.5 Å². The van der Waals surface area contributed by atoms with Crippen molar-refractivity contribution in [1.82, 2.24) is 0 Å². The smallest absolute Gasteiger partial charge is 0.137 e. The molecule has 0 bridgehead atoms. The van der Waals surface area contributed by atoms with Gasteiger partial charge in [0.15, 0.2) is 0 Å². The minimum atomic E-state index is -0.321. The number of fused-ring (bicyclic) bond motifs is 6. The fraction of sp³-hybridized carbons (Fsp3) is 0.711. The highest BCUT2D eigenvalue weighted by atomic mass is 16.1. The molecule has 7 aliphatic carbocycles. The Bertz CT molecular complexity index is 1170. The van der Waals surface area contributed by atoms with Gasteiger partial charge in [-0.25, -0.2) is 0 Å². The molecule has 41 heavy (non-hydrogen) atoms. The lowest BCUT2D eigenvalue weighted by molar-refractivity contribution is -0.111. The Morgan fingerprint density at radius 3 is 2.46 bits per heavy atom. The molecule has 3 N–H and O–H groups in total. The third-order valence-electron chi connectivity index (χ3n) is 14.4. The van der Waals surface area contributed by atoms with Crippen molar-refractivity contribution in [3.8, 4) is 0 Å². The van der Waals surface area contributed by atoms with Gasteiger partial charge in [0.05, 0.1) is 6.04 Å². The lowest BCUT2D eigenvalue weighted by Gasteiger charge is -2.38. The van der Waals surface area contributed by atoms with E-state index in [1.807, 2.05) is 0 Å². The molecule has 220 valence electrons. The van der Waals surface area contributed by atoms with Crippen LogP contribution in [0.5, 0.6) is 0 Å². The second kappa shape index (κ2) is 10.4. The number of nitrogens with one attached hydrogen (secondary N) is 1. The molecule has 0 spiro atoms. The lowest BCUT2D eigenvalue weighted by Crippen LogP contribution is -2.43. The third-order valence-corrected chi connectivity index (χ3v) is 14.4. The second-order valence-electron chi connectivity index (χ2n) is 15.7. The number of carbonyl (C=O) groups is 1. The second-order valence-corrected chi connectivity index (χ2v) is 15.7. The number of carbonyl (C=O) groups excluding carboxylic acids is 1. The maximum absolute atomic E-state index is 12.6. The maximum Gasteiger partial charge on any atom is 0.137 e. The molecule has 0 saturated heterocycles. The van der Waals surface area contributed by atoms with E-state index in [9.17, 15) is 4.79 Å². The van der Waals surface area contributed by atoms with Crippen LogP contribution in [0.1, 0.15) is 83.5 Å². The van der Waals surface area contributed by atoms with Gasteiger partial charge in [0.1, 0.15) is 6.29 Å². The number of anilines is 1. The first kappa shape index (κ1) is 26.7. The van der Waals surface area contributed by atoms with Crippen molar-refractivity contribution in [1.29, 1.82) is 0 Å². The van der Waals surface area contributed by atoms with Crippen molar-refractivity contribution >= 4 is 12.0 Å². The Balaban J connectivity index is 1.03. The Labute approximate surface area is 248 Å². The molecule has 8 rings (SSSR count). The van der Waals surface area contributed by atoms with Gasteiger partial charge in [-0.3, -0.25) is 0 Å². The summed E-state index contributed by atoms with van der Waals surface area (Å²) in [5, 5.41) is 3.91. The summed E-state index contributed by atoms with van der Waals surface area (Å²) in [6.07, 6.45) is 23.9. The molecule has 6 fully saturated rings. The van der Waals surface area contributed by atoms with E-state index < -0.39 is 0 Å². The Morgan fingerprint density at radius 2 is 1.66 bits per heavy atom. The van der Waals surface area contributed by atoms with E-state index in [1.54, 1.807) is 0 Å². The molecule has 0 heterocycles. The Hall–Kier alpha value is -1.87. The topological polar surface area (TPSA) is 55.1 Å². The monoisotopic (exact) mass is 552 g/mol. The van der Waals surface area contributed by atoms with Crippen LogP contribution in [0, 0.1) is 70.5 Å². The van der Waals surface area contributed by atoms with Gasteiger partial charge in [-0.2, -0.15) is 0 Å². The van der Waals surface area contributed by atoms with Gasteiger partial charge in [-0.15, -0.1) is 0 Å². The zero-order chi connectivity index (χ0) is 27.7. The van der Waals surface area contributed by atoms with Gasteiger partial charge in [-0.1, -0.05) is 74.6 Å². The quantitative estimate of drug-likeness (QED) is 0.277. The molecule has 6 saturated carbocycles. The maximum atomic E-state index is 12.6. The first-order chi connectivity index (χ1) is 20.1. The van der Waals surface area contributed by atoms with Crippen LogP contribution in [0.4, 0.5) is 5.69 Å². The average Bonchev–Trinajstić information content (AvgIpc) is 3.28. The van der Waals surface area contributed by atoms with Gasteiger partial charge in [0.2, 0.25) is 0 Å². The minimum Gasteiger partial charge on any atom is -0.382 e. The molecule has 1 aromatic carbocycles. The van der Waals surface area contributed by atoms with Crippen molar-refractivity contribution in [2.75, 3.05) is 5.32 Å². The van der Waals surface area contributed by atoms with Crippen molar-refractivity contribution in [3.63, 3.8) is 0 Å². The summed E-state index contributed by atoms with van der Waals surface area (Å²) in [6, 6.07) is 11.1. The Kier molecular flexibility index (Phi) is 6.77. The van der Waals surface area contributed by atoms with Crippen LogP contribution >= 0.6 is 0 Å². The van der Waals surface area contributed by atoms with E-state index in [0.29, 0.717) is 35.6 Å². The highest BCUT2D eigenvalue weighted by Gasteiger charge is 2.74. The molecule has 13 atom stereocenters. The third kappa shape index (κ3) is 4.18. The number of hydrogen-bond acceptors (Lipinski definition) is 3. The normalized spacial score (nSPS) is 47.5. The van der Waals surface area contributed by atoms with Crippen LogP contribution in [0.25, 0.3) is 0 Å². The van der Waals surface area contributed by atoms with E-state index >= 15 is 0 Å². The molecule has 1 aromatic rings. The number of para-hydroxylation sites is 1. The molecule has 0 amide bonds. The first-order valence-electron chi connectivity index (χ1n) is 17.5. The van der Waals surface area contributed by atoms with Gasteiger partial charge >= 0.3 is 0 Å². The number of benzene rings is 1. The van der Waals surface area contributed by atoms with E-state index in [1.165, 1.54) is 88.3 Å². The summed E-state index contributed by atoms with van der Waals surface area (Å²) in [4.78, 5) is 12.6. The van der Waals surface area contributed by atoms with Crippen LogP contribution in [0.3, 0.4) is 0 Å². The first-order valence-corrected chi connectivity index (χ1v) is 17.5. The van der Waals surface area contributed by atoms with Crippen molar-refractivity contribution in [2.45, 2.75) is 95.6 Å². The van der Waals surface area contributed by atoms with Crippen LogP contribution in [-0.4, -0.2) is 18.4 Å². The molecular formula is C38H52N2O. The number of nitrogens with two attached hydrogens (primary N) is 1. The zero-order valence-electron chi connectivity index (χ0n) is 25.0. The van der Waals surface area contributed by atoms with Crippen LogP contribution in [0.2, 0.25) is 0 Å². The predicted molar refractivity (Wildman–Crippen MR) is 167 cm³/mol. The number of hydrogen-bond donors (Lipinski definition) is 2. The standard InChI is InChI=1S/C38H52N2O/c1-23-12-16-34-37(33-20-25(19-31(23)33)24-8-4-2-5-9-24)38(34,36(39)22-41)27-13-14-29-26(18-27)21-32-30(29)15-17-35(32)40-28-10-6-3-7-11-28/h3,6-7,10-11,13-14,22,24-27,29-37,40H,1-2,4-5,8-9,12,15-21,39H2. The molecule has 0 aliphatic heterocycles. The molecule has 7 aliphatic rings. The van der Waals surface area contributed by atoms with Gasteiger partial charge in [-0.05, 0) is 129 Å². The summed E-state index contributed by atoms with van der Waals surface area (Å²) in [5.41, 5.74) is 9.76. The summed E-state index contributed by atoms with van der Waals surface area (Å²) in [7, 11) is 0. The van der Waals surface area contributed by atoms with Crippen LogP contribution in [0.15, 0.2) is 54.6 Å². The fourth-order valence-electron chi connectivity index (χ4n) is 12.8. The lowest BCUT2D eigenvalue weighted by atomic mass is 9.67. The highest BCUT2D eigenvalue weighted by Crippen LogP contribution is 2.76. The summed E-state index contributed by atoms with van der Waals surface area (Å²) in [5.74, 6) is 7.97. The fourth-order valence-corrected chi connectivity index (χ4v) is 12.8. The number of allylic oxidation sites excluding steroid dienone is 3. The van der Waals surface area contributed by atoms with Gasteiger partial charge < -0.3 is 15.8 Å². The van der Waals surface area contributed by atoms with Crippen molar-refractivity contribution in [3.05, 3.63) is 54.6 Å². The largest absolute Gasteiger partial charge is 0.382 e. The molecule has 3 heteroatoms. The van der Waals surface area contributed by atoms with Crippen LogP contribution < -0.4 is 11.1 Å². The molecule has 0 radical (unpaired) electrons. The van der Waals surface area contributed by atoms with Crippen molar-refractivity contribution < 1.29 is 4.79 Å². The zero-order valence-corrected chi connectivity index (χ0v) is 25.0. The summed E-state index contributed by atoms with van der Waals surface area (Å²) in [6.45, 7) is 4.67. The number of rotatable bonds is 6. The van der Waals surface area contributed by atoms with E-state index in [2.05, 4.69) is 54.4 Å². The van der Waals surface area contributed by atoms with Gasteiger partial charge in [0.25, 0.3) is 0 Å². The van der Waals surface area contributed by atoms with Crippen molar-refractivity contribution in [2.24, 2.45) is 76.2 Å². The van der Waals surface area contributed by atoms with Crippen LogP contribution in [-0.2, 0) is 4.79 Å². The SMILES string of the molecule is C=C1CCC2C(C3CC(C4CCCCC4)CC13)C2(C(N)C=O)C1C=CC2C(CC3C(Nc4ccccc4)CCC23)C1. The highest BCUT2D eigenvalue weighted by molar-refractivity contribution is 5.61. The number of aldehydes is 1. The Morgan fingerprint density at radius 1 is 0.854 bits per heavy atom. The predicted octanol–water partition coefficient (Wildman–Crippen LogP) is 8.04. The molecule has 13 unspecified atom stereocenters. The van der Waals surface area contributed by atoms with Gasteiger partial charge in [0, 0.05) is 17.1 Å². The average molecular weight is 553 g/mol. The summed E-state index contributed by atoms with van der Waals surface area (Å²) < 4.78 is 0. The minimum absolute atomic E-state index is 0.00627. The van der Waals surface area contributed by atoms with E-state index in [0.717, 1.165) is 48.2 Å². The molecule has 3 nitrogen and oxygen atoms in total. The van der Waals surface area contributed by atoms with E-state index in [4.69, 9.17) is 5.73 Å².